The number of aliphatic hydroxyl groups is 1. The Hall–Kier alpha value is -0.740. The van der Waals surface area contributed by atoms with Gasteiger partial charge in [0.25, 0.3) is 0 Å². The van der Waals surface area contributed by atoms with E-state index in [0.29, 0.717) is 11.1 Å². The van der Waals surface area contributed by atoms with Crippen LogP contribution >= 0.6 is 11.8 Å². The smallest absolute Gasteiger partial charge is 0.127 e. The predicted octanol–water partition coefficient (Wildman–Crippen LogP) is 1.67. The highest BCUT2D eigenvalue weighted by atomic mass is 32.2. The molecule has 0 saturated carbocycles. The van der Waals surface area contributed by atoms with Crippen molar-refractivity contribution in [2.24, 2.45) is 0 Å². The van der Waals surface area contributed by atoms with E-state index < -0.39 is 0 Å². The molecule has 1 atom stereocenters. The zero-order valence-electron chi connectivity index (χ0n) is 8.31. The number of hydrogen-bond acceptors (Lipinski definition) is 4. The first-order valence-corrected chi connectivity index (χ1v) is 5.70. The maximum absolute atomic E-state index is 8.74. The van der Waals surface area contributed by atoms with Crippen LogP contribution in [0.15, 0.2) is 18.3 Å². The molecule has 0 amide bonds. The van der Waals surface area contributed by atoms with E-state index in [4.69, 9.17) is 10.8 Å². The van der Waals surface area contributed by atoms with Crippen molar-refractivity contribution in [1.29, 1.82) is 0 Å². The van der Waals surface area contributed by atoms with Crippen LogP contribution in [0, 0.1) is 0 Å². The largest absolute Gasteiger partial charge is 0.396 e. The summed E-state index contributed by atoms with van der Waals surface area (Å²) in [5, 5.41) is 9.20. The SMILES string of the molecule is CC(CCO)SCc1cccnc1N. The van der Waals surface area contributed by atoms with Gasteiger partial charge in [-0.05, 0) is 12.5 Å². The number of thioether (sulfide) groups is 1. The van der Waals surface area contributed by atoms with Gasteiger partial charge in [0.2, 0.25) is 0 Å². The van der Waals surface area contributed by atoms with Crippen molar-refractivity contribution >= 4 is 17.6 Å². The van der Waals surface area contributed by atoms with Gasteiger partial charge in [0.15, 0.2) is 0 Å². The summed E-state index contributed by atoms with van der Waals surface area (Å²) >= 11 is 1.79. The molecule has 0 aliphatic heterocycles. The molecular formula is C10H16N2OS. The zero-order valence-corrected chi connectivity index (χ0v) is 9.13. The monoisotopic (exact) mass is 212 g/mol. The lowest BCUT2D eigenvalue weighted by Gasteiger charge is -2.09. The van der Waals surface area contributed by atoms with Crippen molar-refractivity contribution in [2.45, 2.75) is 24.3 Å². The Balaban J connectivity index is 2.41. The van der Waals surface area contributed by atoms with Crippen LogP contribution in [-0.4, -0.2) is 21.9 Å². The molecule has 1 aromatic heterocycles. The third kappa shape index (κ3) is 3.55. The second kappa shape index (κ2) is 5.88. The standard InChI is InChI=1S/C10H16N2OS/c1-8(4-6-13)14-7-9-3-2-5-12-10(9)11/h2-3,5,8,13H,4,6-7H2,1H3,(H2,11,12). The molecule has 0 radical (unpaired) electrons. The number of aliphatic hydroxyl groups excluding tert-OH is 1. The average molecular weight is 212 g/mol. The van der Waals surface area contributed by atoms with Crippen molar-refractivity contribution in [3.63, 3.8) is 0 Å². The summed E-state index contributed by atoms with van der Waals surface area (Å²) in [6.45, 7) is 2.35. The zero-order chi connectivity index (χ0) is 10.4. The van der Waals surface area contributed by atoms with Gasteiger partial charge in [-0.3, -0.25) is 0 Å². The van der Waals surface area contributed by atoms with Gasteiger partial charge in [-0.2, -0.15) is 11.8 Å². The number of nitrogens with two attached hydrogens (primary N) is 1. The number of hydrogen-bond donors (Lipinski definition) is 2. The van der Waals surface area contributed by atoms with Crippen LogP contribution < -0.4 is 5.73 Å². The Morgan fingerprint density at radius 3 is 3.07 bits per heavy atom. The van der Waals surface area contributed by atoms with E-state index in [9.17, 15) is 0 Å². The van der Waals surface area contributed by atoms with Crippen LogP contribution in [0.1, 0.15) is 18.9 Å². The second-order valence-corrected chi connectivity index (χ2v) is 4.61. The van der Waals surface area contributed by atoms with Gasteiger partial charge in [0.05, 0.1) is 0 Å². The van der Waals surface area contributed by atoms with Crippen LogP contribution in [0.2, 0.25) is 0 Å². The Kier molecular flexibility index (Phi) is 4.76. The van der Waals surface area contributed by atoms with E-state index in [0.717, 1.165) is 17.7 Å². The molecule has 0 aliphatic rings. The van der Waals surface area contributed by atoms with Gasteiger partial charge in [0, 0.05) is 29.4 Å². The van der Waals surface area contributed by atoms with Gasteiger partial charge in [0.1, 0.15) is 5.82 Å². The van der Waals surface area contributed by atoms with Crippen molar-refractivity contribution in [3.05, 3.63) is 23.9 Å². The molecule has 0 aliphatic carbocycles. The molecule has 4 heteroatoms. The minimum absolute atomic E-state index is 0.247. The summed E-state index contributed by atoms with van der Waals surface area (Å²) in [5.41, 5.74) is 6.78. The highest BCUT2D eigenvalue weighted by molar-refractivity contribution is 7.99. The summed E-state index contributed by atoms with van der Waals surface area (Å²) in [5.74, 6) is 1.47. The molecule has 14 heavy (non-hydrogen) atoms. The average Bonchev–Trinajstić information content (AvgIpc) is 2.17. The highest BCUT2D eigenvalue weighted by Gasteiger charge is 2.04. The summed E-state index contributed by atoms with van der Waals surface area (Å²) in [6.07, 6.45) is 2.52. The van der Waals surface area contributed by atoms with Crippen LogP contribution in [-0.2, 0) is 5.75 Å². The molecule has 1 aromatic rings. The quantitative estimate of drug-likeness (QED) is 0.779. The Morgan fingerprint density at radius 1 is 1.64 bits per heavy atom. The molecule has 1 rings (SSSR count). The van der Waals surface area contributed by atoms with Crippen LogP contribution in [0.4, 0.5) is 5.82 Å². The second-order valence-electron chi connectivity index (χ2n) is 3.18. The number of pyridine rings is 1. The molecule has 78 valence electrons. The normalized spacial score (nSPS) is 12.7. The molecule has 1 heterocycles. The molecule has 3 nitrogen and oxygen atoms in total. The molecule has 0 aromatic carbocycles. The lowest BCUT2D eigenvalue weighted by atomic mass is 10.3. The first-order chi connectivity index (χ1) is 6.74. The van der Waals surface area contributed by atoms with Crippen molar-refractivity contribution < 1.29 is 5.11 Å². The molecule has 3 N–H and O–H groups in total. The highest BCUT2D eigenvalue weighted by Crippen LogP contribution is 2.21. The fourth-order valence-electron chi connectivity index (χ4n) is 1.07. The fourth-order valence-corrected chi connectivity index (χ4v) is 2.05. The van der Waals surface area contributed by atoms with Crippen LogP contribution in [0.3, 0.4) is 0 Å². The van der Waals surface area contributed by atoms with Crippen LogP contribution in [0.25, 0.3) is 0 Å². The van der Waals surface area contributed by atoms with E-state index in [1.54, 1.807) is 18.0 Å². The van der Waals surface area contributed by atoms with Crippen molar-refractivity contribution in [2.75, 3.05) is 12.3 Å². The minimum atomic E-state index is 0.247. The van der Waals surface area contributed by atoms with E-state index in [2.05, 4.69) is 11.9 Å². The van der Waals surface area contributed by atoms with E-state index >= 15 is 0 Å². The Bertz CT molecular complexity index is 281. The number of nitrogens with zero attached hydrogens (tertiary/aromatic N) is 1. The van der Waals surface area contributed by atoms with E-state index in [1.165, 1.54) is 0 Å². The summed E-state index contributed by atoms with van der Waals surface area (Å²) < 4.78 is 0. The Morgan fingerprint density at radius 2 is 2.43 bits per heavy atom. The first-order valence-electron chi connectivity index (χ1n) is 4.66. The summed E-state index contributed by atoms with van der Waals surface area (Å²) in [7, 11) is 0. The lowest BCUT2D eigenvalue weighted by Crippen LogP contribution is -2.01. The number of rotatable bonds is 5. The van der Waals surface area contributed by atoms with Gasteiger partial charge in [-0.25, -0.2) is 4.98 Å². The van der Waals surface area contributed by atoms with E-state index in [1.807, 2.05) is 12.1 Å². The molecular weight excluding hydrogens is 196 g/mol. The Labute approximate surface area is 88.7 Å². The van der Waals surface area contributed by atoms with Gasteiger partial charge in [-0.15, -0.1) is 0 Å². The number of aromatic nitrogens is 1. The third-order valence-electron chi connectivity index (χ3n) is 1.99. The van der Waals surface area contributed by atoms with Gasteiger partial charge < -0.3 is 10.8 Å². The maximum Gasteiger partial charge on any atom is 0.127 e. The maximum atomic E-state index is 8.74. The third-order valence-corrected chi connectivity index (χ3v) is 3.27. The molecule has 1 unspecified atom stereocenters. The number of nitrogen functional groups attached to an aromatic ring is 1. The number of anilines is 1. The van der Waals surface area contributed by atoms with Crippen molar-refractivity contribution in [1.82, 2.24) is 4.98 Å². The van der Waals surface area contributed by atoms with Gasteiger partial charge >= 0.3 is 0 Å². The molecule has 0 saturated heterocycles. The van der Waals surface area contributed by atoms with Crippen molar-refractivity contribution in [3.8, 4) is 0 Å². The molecule has 0 fully saturated rings. The summed E-state index contributed by atoms with van der Waals surface area (Å²) in [4.78, 5) is 4.02. The summed E-state index contributed by atoms with van der Waals surface area (Å²) in [6, 6.07) is 3.88. The minimum Gasteiger partial charge on any atom is -0.396 e. The van der Waals surface area contributed by atoms with Gasteiger partial charge in [-0.1, -0.05) is 13.0 Å². The topological polar surface area (TPSA) is 59.1 Å². The van der Waals surface area contributed by atoms with E-state index in [-0.39, 0.29) is 6.61 Å². The molecule has 0 bridgehead atoms. The lowest BCUT2D eigenvalue weighted by molar-refractivity contribution is 0.289. The van der Waals surface area contributed by atoms with Crippen LogP contribution in [0.5, 0.6) is 0 Å². The molecule has 0 spiro atoms. The first kappa shape index (κ1) is 11.3. The fraction of sp³-hybridized carbons (Fsp3) is 0.500. The predicted molar refractivity (Wildman–Crippen MR) is 61.1 cm³/mol.